The lowest BCUT2D eigenvalue weighted by Gasteiger charge is -2.08. The van der Waals surface area contributed by atoms with E-state index >= 15 is 0 Å². The highest BCUT2D eigenvalue weighted by Gasteiger charge is 2.13. The summed E-state index contributed by atoms with van der Waals surface area (Å²) in [6.45, 7) is 0. The van der Waals surface area contributed by atoms with Gasteiger partial charge in [-0.2, -0.15) is 0 Å². The van der Waals surface area contributed by atoms with Crippen LogP contribution in [0.4, 0.5) is 15.6 Å². The fraction of sp³-hybridized carbons (Fsp3) is 0. The summed E-state index contributed by atoms with van der Waals surface area (Å²) in [4.78, 5) is 26.6. The van der Waals surface area contributed by atoms with Crippen LogP contribution in [0, 0.1) is 0 Å². The molecule has 6 nitrogen and oxygen atoms in total. The molecule has 19 heavy (non-hydrogen) atoms. The van der Waals surface area contributed by atoms with Crippen molar-refractivity contribution in [1.29, 1.82) is 0 Å². The monoisotopic (exact) mass is 297 g/mol. The van der Waals surface area contributed by atoms with E-state index in [1.54, 1.807) is 11.6 Å². The van der Waals surface area contributed by atoms with Crippen LogP contribution >= 0.6 is 22.9 Å². The molecule has 1 aromatic heterocycles. The third-order valence-corrected chi connectivity index (χ3v) is 3.04. The Bertz CT molecular complexity index is 616. The Balaban J connectivity index is 2.14. The number of hydrogen-bond donors (Lipinski definition) is 3. The molecule has 2 rings (SSSR count). The van der Waals surface area contributed by atoms with Gasteiger partial charge in [-0.3, -0.25) is 5.32 Å². The summed E-state index contributed by atoms with van der Waals surface area (Å²) in [5.41, 5.74) is 0.0766. The number of aromatic nitrogens is 1. The molecule has 8 heteroatoms. The van der Waals surface area contributed by atoms with Crippen LogP contribution in [0.1, 0.15) is 10.4 Å². The highest BCUT2D eigenvalue weighted by molar-refractivity contribution is 7.13. The van der Waals surface area contributed by atoms with Gasteiger partial charge in [-0.25, -0.2) is 14.6 Å². The van der Waals surface area contributed by atoms with Crippen LogP contribution < -0.4 is 10.6 Å². The van der Waals surface area contributed by atoms with Gasteiger partial charge in [-0.15, -0.1) is 11.3 Å². The molecule has 0 fully saturated rings. The summed E-state index contributed by atoms with van der Waals surface area (Å²) in [6, 6.07) is 3.61. The number of thiazole rings is 1. The van der Waals surface area contributed by atoms with Crippen molar-refractivity contribution in [2.75, 3.05) is 10.6 Å². The van der Waals surface area contributed by atoms with Gasteiger partial charge in [0.15, 0.2) is 5.13 Å². The first-order chi connectivity index (χ1) is 9.06. The molecule has 1 aromatic carbocycles. The molecule has 0 spiro atoms. The summed E-state index contributed by atoms with van der Waals surface area (Å²) in [5.74, 6) is -1.17. The van der Waals surface area contributed by atoms with Crippen LogP contribution in [0.25, 0.3) is 0 Å². The number of carboxylic acid groups (broad SMARTS) is 1. The van der Waals surface area contributed by atoms with Gasteiger partial charge in [0, 0.05) is 16.6 Å². The lowest BCUT2D eigenvalue weighted by atomic mass is 10.2. The first-order valence-electron chi connectivity index (χ1n) is 5.06. The van der Waals surface area contributed by atoms with E-state index in [9.17, 15) is 9.59 Å². The molecule has 0 aliphatic rings. The van der Waals surface area contributed by atoms with Crippen molar-refractivity contribution in [2.45, 2.75) is 0 Å². The first kappa shape index (κ1) is 13.3. The van der Waals surface area contributed by atoms with Crippen molar-refractivity contribution < 1.29 is 14.7 Å². The zero-order chi connectivity index (χ0) is 13.8. The average molecular weight is 298 g/mol. The van der Waals surface area contributed by atoms with Gasteiger partial charge in [0.25, 0.3) is 0 Å². The fourth-order valence-corrected chi connectivity index (χ4v) is 2.03. The van der Waals surface area contributed by atoms with Crippen LogP contribution in [0.5, 0.6) is 0 Å². The predicted molar refractivity (Wildman–Crippen MR) is 73.2 cm³/mol. The van der Waals surface area contributed by atoms with E-state index in [1.807, 2.05) is 0 Å². The molecular formula is C11H8ClN3O3S. The number of halogens is 1. The standard InChI is InChI=1S/C11H8ClN3O3S/c12-6-1-2-8(7(5-6)9(16)17)14-10(18)15-11-13-3-4-19-11/h1-5H,(H,16,17)(H2,13,14,15,18). The van der Waals surface area contributed by atoms with E-state index in [0.29, 0.717) is 5.13 Å². The molecule has 98 valence electrons. The number of aromatic carboxylic acids is 1. The summed E-state index contributed by atoms with van der Waals surface area (Å²) >= 11 is 6.97. The van der Waals surface area contributed by atoms with Crippen molar-refractivity contribution in [3.05, 3.63) is 40.4 Å². The number of rotatable bonds is 3. The maximum absolute atomic E-state index is 11.7. The maximum Gasteiger partial charge on any atom is 0.337 e. The summed E-state index contributed by atoms with van der Waals surface area (Å²) in [5, 5.41) is 16.3. The van der Waals surface area contributed by atoms with Gasteiger partial charge in [0.05, 0.1) is 11.3 Å². The molecular weight excluding hydrogens is 290 g/mol. The van der Waals surface area contributed by atoms with E-state index < -0.39 is 12.0 Å². The Labute approximate surface area is 117 Å². The maximum atomic E-state index is 11.7. The SMILES string of the molecule is O=C(Nc1nccs1)Nc1ccc(Cl)cc1C(=O)O. The van der Waals surface area contributed by atoms with Crippen molar-refractivity contribution in [2.24, 2.45) is 0 Å². The normalized spacial score (nSPS) is 9.95. The predicted octanol–water partition coefficient (Wildman–Crippen LogP) is 3.14. The number of amides is 2. The van der Waals surface area contributed by atoms with Crippen molar-refractivity contribution >= 4 is 45.8 Å². The number of hydrogen-bond acceptors (Lipinski definition) is 4. The summed E-state index contributed by atoms with van der Waals surface area (Å²) in [6.07, 6.45) is 1.55. The largest absolute Gasteiger partial charge is 0.478 e. The average Bonchev–Trinajstić information content (AvgIpc) is 2.83. The van der Waals surface area contributed by atoms with Gasteiger partial charge in [0.1, 0.15) is 0 Å². The molecule has 1 heterocycles. The van der Waals surface area contributed by atoms with E-state index in [1.165, 1.54) is 29.5 Å². The molecule has 0 unspecified atom stereocenters. The molecule has 3 N–H and O–H groups in total. The highest BCUT2D eigenvalue weighted by atomic mass is 35.5. The van der Waals surface area contributed by atoms with Gasteiger partial charge in [-0.1, -0.05) is 11.6 Å². The number of benzene rings is 1. The van der Waals surface area contributed by atoms with Crippen LogP contribution in [-0.4, -0.2) is 22.1 Å². The molecule has 0 aliphatic heterocycles. The van der Waals surface area contributed by atoms with Crippen LogP contribution in [-0.2, 0) is 0 Å². The van der Waals surface area contributed by atoms with Gasteiger partial charge >= 0.3 is 12.0 Å². The van der Waals surface area contributed by atoms with Gasteiger partial charge in [0.2, 0.25) is 0 Å². The molecule has 0 bridgehead atoms. The molecule has 0 aliphatic carbocycles. The van der Waals surface area contributed by atoms with Crippen molar-refractivity contribution in [3.8, 4) is 0 Å². The second-order valence-corrected chi connectivity index (χ2v) is 4.74. The zero-order valence-electron chi connectivity index (χ0n) is 9.38. The van der Waals surface area contributed by atoms with Crippen molar-refractivity contribution in [3.63, 3.8) is 0 Å². The van der Waals surface area contributed by atoms with E-state index in [0.717, 1.165) is 0 Å². The molecule has 0 radical (unpaired) electrons. The number of urea groups is 1. The Morgan fingerprint density at radius 2 is 2.11 bits per heavy atom. The Morgan fingerprint density at radius 3 is 2.74 bits per heavy atom. The summed E-state index contributed by atoms with van der Waals surface area (Å²) in [7, 11) is 0. The van der Waals surface area contributed by atoms with Gasteiger partial charge < -0.3 is 10.4 Å². The number of carboxylic acids is 1. The van der Waals surface area contributed by atoms with E-state index in [4.69, 9.17) is 16.7 Å². The Hall–Kier alpha value is -2.12. The third kappa shape index (κ3) is 3.43. The van der Waals surface area contributed by atoms with Crippen LogP contribution in [0.3, 0.4) is 0 Å². The summed E-state index contributed by atoms with van der Waals surface area (Å²) < 4.78 is 0. The minimum atomic E-state index is -1.17. The first-order valence-corrected chi connectivity index (χ1v) is 6.32. The molecule has 0 saturated carbocycles. The van der Waals surface area contributed by atoms with Crippen LogP contribution in [0.2, 0.25) is 5.02 Å². The van der Waals surface area contributed by atoms with E-state index in [-0.39, 0.29) is 16.3 Å². The zero-order valence-corrected chi connectivity index (χ0v) is 11.0. The van der Waals surface area contributed by atoms with Crippen LogP contribution in [0.15, 0.2) is 29.8 Å². The lowest BCUT2D eigenvalue weighted by Crippen LogP contribution is -2.20. The molecule has 0 saturated heterocycles. The van der Waals surface area contributed by atoms with Gasteiger partial charge in [-0.05, 0) is 18.2 Å². The fourth-order valence-electron chi connectivity index (χ4n) is 1.34. The second kappa shape index (κ2) is 5.68. The lowest BCUT2D eigenvalue weighted by molar-refractivity contribution is 0.0698. The molecule has 2 amide bonds. The highest BCUT2D eigenvalue weighted by Crippen LogP contribution is 2.21. The smallest absolute Gasteiger partial charge is 0.337 e. The van der Waals surface area contributed by atoms with E-state index in [2.05, 4.69) is 15.6 Å². The number of nitrogens with one attached hydrogen (secondary N) is 2. The topological polar surface area (TPSA) is 91.3 Å². The van der Waals surface area contributed by atoms with Crippen molar-refractivity contribution in [1.82, 2.24) is 4.98 Å². The third-order valence-electron chi connectivity index (χ3n) is 2.11. The number of carbonyl (C=O) groups excluding carboxylic acids is 1. The quantitative estimate of drug-likeness (QED) is 0.811. The number of nitrogens with zero attached hydrogens (tertiary/aromatic N) is 1. The number of anilines is 2. The molecule has 0 atom stereocenters. The molecule has 2 aromatic rings. The Morgan fingerprint density at radius 1 is 1.32 bits per heavy atom. The minimum absolute atomic E-state index is 0.0817. The minimum Gasteiger partial charge on any atom is -0.478 e. The Kier molecular flexibility index (Phi) is 3.98. The second-order valence-electron chi connectivity index (χ2n) is 3.41. The number of carbonyl (C=O) groups is 2.